The van der Waals surface area contributed by atoms with E-state index in [0.717, 1.165) is 51.4 Å². The lowest BCUT2D eigenvalue weighted by Crippen LogP contribution is -1.77. The fourth-order valence-corrected chi connectivity index (χ4v) is 8.78. The van der Waals surface area contributed by atoms with Crippen molar-refractivity contribution in [1.82, 2.24) is 0 Å². The van der Waals surface area contributed by atoms with E-state index in [2.05, 4.69) is 328 Å². The lowest BCUT2D eigenvalue weighted by atomic mass is 10.1. The van der Waals surface area contributed by atoms with E-state index in [9.17, 15) is 0 Å². The number of allylic oxidation sites excluding steroid dienone is 54. The molecule has 90 heavy (non-hydrogen) atoms. The SMILES string of the molecule is C1=CCC=CC1.C1=CCC=CC1.C1=CCC=CC1.C1=CCC=CC1.C1=CCCC=C1.C1=CCCC=C1.C1=CCCC=C1.C1=CCCC=C1.C1=CCCC=C1.C1=CCCC=C1.C1=CCCC=C1.C1=CCCC=C1.C1=CCCCC1.C1=CCCCC1.C1=CCCCC1. The zero-order valence-corrected chi connectivity index (χ0v) is 56.6. The molecule has 0 saturated carbocycles. The third-order valence-electron chi connectivity index (χ3n) is 14.1. The van der Waals surface area contributed by atoms with Crippen LogP contribution in [0.5, 0.6) is 0 Å². The summed E-state index contributed by atoms with van der Waals surface area (Å²) in [5.41, 5.74) is 0. The van der Waals surface area contributed by atoms with Crippen molar-refractivity contribution in [3.8, 4) is 0 Å². The molecule has 0 aromatic rings. The third kappa shape index (κ3) is 75.2. The standard InChI is InChI=1S/3C6H10.12C6H8/c15*1-2-4-6-5-3-1/h3*1-2H,3-6H2;4*1-2,5-6H,3-4H2;8*1-4H,5-6H2. The second-order valence-corrected chi connectivity index (χ2v) is 22.4. The second kappa shape index (κ2) is 78.1. The van der Waals surface area contributed by atoms with Crippen molar-refractivity contribution in [2.75, 3.05) is 0 Å². The molecular weight excluding hydrogens is 1080 g/mol. The Balaban J connectivity index is 0.000000482. The van der Waals surface area contributed by atoms with Crippen molar-refractivity contribution in [3.05, 3.63) is 328 Å². The number of rotatable bonds is 0. The van der Waals surface area contributed by atoms with E-state index >= 15 is 0 Å². The van der Waals surface area contributed by atoms with Crippen LogP contribution in [0, 0.1) is 0 Å². The minimum atomic E-state index is 1.14. The van der Waals surface area contributed by atoms with Gasteiger partial charge in [-0.1, -0.05) is 328 Å². The minimum absolute atomic E-state index is 1.14. The van der Waals surface area contributed by atoms with E-state index in [4.69, 9.17) is 0 Å². The lowest BCUT2D eigenvalue weighted by molar-refractivity contribution is 0.730. The minimum Gasteiger partial charge on any atom is -0.0885 e. The first-order valence-corrected chi connectivity index (χ1v) is 35.7. The first-order valence-electron chi connectivity index (χ1n) is 35.7. The fraction of sp³-hybridized carbons (Fsp3) is 0.400. The predicted octanol–water partition coefficient (Wildman–Crippen LogP) is 29.1. The monoisotopic (exact) mass is 1210 g/mol. The Labute approximate surface area is 556 Å². The summed E-state index contributed by atoms with van der Waals surface area (Å²) >= 11 is 0. The summed E-state index contributed by atoms with van der Waals surface area (Å²) in [5, 5.41) is 0. The van der Waals surface area contributed by atoms with Crippen molar-refractivity contribution in [2.45, 2.75) is 231 Å². The van der Waals surface area contributed by atoms with E-state index in [0.29, 0.717) is 0 Å². The van der Waals surface area contributed by atoms with Gasteiger partial charge in [-0.25, -0.2) is 0 Å². The highest BCUT2D eigenvalue weighted by Crippen LogP contribution is 2.10. The van der Waals surface area contributed by atoms with Gasteiger partial charge >= 0.3 is 0 Å². The van der Waals surface area contributed by atoms with Crippen LogP contribution in [0.4, 0.5) is 0 Å². The van der Waals surface area contributed by atoms with Gasteiger partial charge in [-0.05, 0) is 231 Å². The highest BCUT2D eigenvalue weighted by molar-refractivity contribution is 5.12. The Morgan fingerprint density at radius 3 is 0.200 bits per heavy atom. The average molecular weight is 1210 g/mol. The summed E-state index contributed by atoms with van der Waals surface area (Å²) in [5.74, 6) is 0. The van der Waals surface area contributed by atoms with Crippen molar-refractivity contribution >= 4 is 0 Å². The van der Waals surface area contributed by atoms with Crippen LogP contribution in [0.3, 0.4) is 0 Å². The normalized spacial score (nSPS) is 19.2. The summed E-state index contributed by atoms with van der Waals surface area (Å²) < 4.78 is 0. The van der Waals surface area contributed by atoms with Crippen molar-refractivity contribution in [1.29, 1.82) is 0 Å². The molecule has 0 aromatic carbocycles. The molecular formula is C90H126. The van der Waals surface area contributed by atoms with E-state index in [1.165, 1.54) is 180 Å². The first kappa shape index (κ1) is 81.0. The Bertz CT molecular complexity index is 1790. The van der Waals surface area contributed by atoms with E-state index in [-0.39, 0.29) is 0 Å². The lowest BCUT2D eigenvalue weighted by Gasteiger charge is -1.97. The van der Waals surface area contributed by atoms with E-state index < -0.39 is 0 Å². The fourth-order valence-electron chi connectivity index (χ4n) is 8.78. The molecule has 0 aromatic heterocycles. The van der Waals surface area contributed by atoms with Gasteiger partial charge in [0.25, 0.3) is 0 Å². The summed E-state index contributed by atoms with van der Waals surface area (Å²) in [6.07, 6.45) is 162. The molecule has 0 saturated heterocycles. The van der Waals surface area contributed by atoms with Crippen molar-refractivity contribution in [3.63, 3.8) is 0 Å². The molecule has 15 aliphatic rings. The molecule has 0 N–H and O–H groups in total. The highest BCUT2D eigenvalue weighted by Gasteiger charge is 1.90. The first-order chi connectivity index (χ1) is 45.0. The maximum absolute atomic E-state index is 2.27. The molecule has 0 atom stereocenters. The van der Waals surface area contributed by atoms with Gasteiger partial charge < -0.3 is 0 Å². The number of hydrogen-bond acceptors (Lipinski definition) is 0. The molecule has 0 amide bonds. The molecule has 0 heterocycles. The Hall–Kier alpha value is -7.02. The van der Waals surface area contributed by atoms with Crippen LogP contribution in [-0.2, 0) is 0 Å². The molecule has 15 rings (SSSR count). The molecule has 0 radical (unpaired) electrons. The van der Waals surface area contributed by atoms with Gasteiger partial charge in [-0.15, -0.1) is 0 Å². The zero-order valence-electron chi connectivity index (χ0n) is 56.6. The second-order valence-electron chi connectivity index (χ2n) is 22.4. The largest absolute Gasteiger partial charge is 0.0885 e. The molecule has 0 bridgehead atoms. The van der Waals surface area contributed by atoms with Gasteiger partial charge in [0.1, 0.15) is 0 Å². The van der Waals surface area contributed by atoms with Crippen LogP contribution in [0.1, 0.15) is 231 Å². The molecule has 0 aliphatic heterocycles. The molecule has 0 fully saturated rings. The average Bonchev–Trinajstić information content (AvgIpc) is 3.70. The van der Waals surface area contributed by atoms with Crippen molar-refractivity contribution in [2.24, 2.45) is 0 Å². The van der Waals surface area contributed by atoms with Crippen molar-refractivity contribution < 1.29 is 0 Å². The smallest absolute Gasteiger partial charge is 0.0169 e. The molecule has 0 nitrogen and oxygen atoms in total. The summed E-state index contributed by atoms with van der Waals surface area (Å²) in [7, 11) is 0. The van der Waals surface area contributed by atoms with Crippen LogP contribution in [-0.4, -0.2) is 0 Å². The Morgan fingerprint density at radius 1 is 0.0778 bits per heavy atom. The van der Waals surface area contributed by atoms with E-state index in [1.54, 1.807) is 0 Å². The van der Waals surface area contributed by atoms with Crippen LogP contribution in [0.25, 0.3) is 0 Å². The maximum Gasteiger partial charge on any atom is -0.0169 e. The predicted molar refractivity (Wildman–Crippen MR) is 413 cm³/mol. The Morgan fingerprint density at radius 2 is 0.167 bits per heavy atom. The summed E-state index contributed by atoms with van der Waals surface area (Å²) in [6, 6.07) is 0. The van der Waals surface area contributed by atoms with E-state index in [1.807, 2.05) is 0 Å². The van der Waals surface area contributed by atoms with Crippen LogP contribution < -0.4 is 0 Å². The van der Waals surface area contributed by atoms with Gasteiger partial charge in [-0.2, -0.15) is 0 Å². The van der Waals surface area contributed by atoms with Crippen LogP contribution >= 0.6 is 0 Å². The summed E-state index contributed by atoms with van der Waals surface area (Å²) in [4.78, 5) is 0. The molecule has 0 heteroatoms. The highest BCUT2D eigenvalue weighted by atomic mass is 14.0. The number of hydrogen-bond donors (Lipinski definition) is 0. The Kier molecular flexibility index (Phi) is 70.3. The third-order valence-corrected chi connectivity index (χ3v) is 14.1. The van der Waals surface area contributed by atoms with Gasteiger partial charge in [0, 0.05) is 0 Å². The quantitative estimate of drug-likeness (QED) is 0.212. The van der Waals surface area contributed by atoms with Gasteiger partial charge in [0.15, 0.2) is 0 Å². The topological polar surface area (TPSA) is 0 Å². The van der Waals surface area contributed by atoms with Crippen LogP contribution in [0.15, 0.2) is 328 Å². The maximum atomic E-state index is 2.27. The molecule has 0 spiro atoms. The summed E-state index contributed by atoms with van der Waals surface area (Å²) in [6.45, 7) is 0. The molecule has 15 aliphatic carbocycles. The molecule has 0 unspecified atom stereocenters. The van der Waals surface area contributed by atoms with Crippen LogP contribution in [0.2, 0.25) is 0 Å². The van der Waals surface area contributed by atoms with Gasteiger partial charge in [0.05, 0.1) is 0 Å². The molecule has 486 valence electrons. The zero-order chi connectivity index (χ0) is 63.6. The van der Waals surface area contributed by atoms with Gasteiger partial charge in [-0.3, -0.25) is 0 Å². The van der Waals surface area contributed by atoms with Gasteiger partial charge in [0.2, 0.25) is 0 Å².